The quantitative estimate of drug-likeness (QED) is 0.178. The fraction of sp³-hybridized carbons (Fsp3) is 0.183. The van der Waals surface area contributed by atoms with Crippen LogP contribution in [0.15, 0.2) is 188 Å². The molecule has 63 heavy (non-hydrogen) atoms. The topological polar surface area (TPSA) is 38.7 Å². The van der Waals surface area contributed by atoms with Gasteiger partial charge in [0.25, 0.3) is 0 Å². The molecule has 6 aliphatic carbocycles. The van der Waals surface area contributed by atoms with Crippen molar-refractivity contribution in [2.45, 2.75) is 42.9 Å². The van der Waals surface area contributed by atoms with Crippen molar-refractivity contribution in [2.75, 3.05) is 0 Å². The van der Waals surface area contributed by atoms with Gasteiger partial charge in [-0.3, -0.25) is 0 Å². The van der Waals surface area contributed by atoms with Crippen LogP contribution in [0.25, 0.3) is 67.2 Å². The lowest BCUT2D eigenvalue weighted by molar-refractivity contribution is -0.0440. The van der Waals surface area contributed by atoms with E-state index in [1.54, 1.807) is 11.1 Å². The highest BCUT2D eigenvalue weighted by Crippen LogP contribution is 2.71. The summed E-state index contributed by atoms with van der Waals surface area (Å²) in [5.41, 5.74) is 16.8. The minimum atomic E-state index is -0.376. The highest BCUT2D eigenvalue weighted by atomic mass is 15.0. The van der Waals surface area contributed by atoms with Crippen molar-refractivity contribution in [1.29, 1.82) is 0 Å². The number of hydrogen-bond acceptors (Lipinski definition) is 3. The van der Waals surface area contributed by atoms with Gasteiger partial charge in [0.05, 0.1) is 5.41 Å². The number of rotatable bonds is 4. The molecule has 8 aromatic carbocycles. The second kappa shape index (κ2) is 13.3. The number of aromatic nitrogens is 3. The first kappa shape index (κ1) is 35.6. The smallest absolute Gasteiger partial charge is 0.164 e. The van der Waals surface area contributed by atoms with Gasteiger partial charge in [-0.2, -0.15) is 0 Å². The van der Waals surface area contributed by atoms with E-state index in [4.69, 9.17) is 15.0 Å². The van der Waals surface area contributed by atoms with Gasteiger partial charge < -0.3 is 0 Å². The van der Waals surface area contributed by atoms with Gasteiger partial charge in [-0.05, 0) is 134 Å². The summed E-state index contributed by atoms with van der Waals surface area (Å²) < 4.78 is 0. The molecule has 6 aliphatic rings. The van der Waals surface area contributed by atoms with Crippen molar-refractivity contribution in [3.8, 4) is 56.4 Å². The summed E-state index contributed by atoms with van der Waals surface area (Å²) in [4.78, 5) is 15.3. The first-order valence-corrected chi connectivity index (χ1v) is 23.0. The van der Waals surface area contributed by atoms with E-state index in [-0.39, 0.29) is 10.8 Å². The van der Waals surface area contributed by atoms with Crippen molar-refractivity contribution < 1.29 is 0 Å². The van der Waals surface area contributed by atoms with Crippen LogP contribution < -0.4 is 0 Å². The van der Waals surface area contributed by atoms with Crippen LogP contribution in [0.4, 0.5) is 0 Å². The van der Waals surface area contributed by atoms with Crippen LogP contribution in [0.1, 0.15) is 65.5 Å². The van der Waals surface area contributed by atoms with Crippen LogP contribution in [-0.4, -0.2) is 15.0 Å². The Bertz CT molecular complexity index is 3240. The summed E-state index contributed by atoms with van der Waals surface area (Å²) in [6.07, 6.45) is 6.82. The molecule has 0 aliphatic heterocycles. The maximum atomic E-state index is 5.14. The lowest BCUT2D eigenvalue weighted by Crippen LogP contribution is -2.59. The highest BCUT2D eigenvalue weighted by molar-refractivity contribution is 5.90. The molecule has 0 amide bonds. The zero-order valence-electron chi connectivity index (χ0n) is 35.1. The van der Waals surface area contributed by atoms with Crippen LogP contribution >= 0.6 is 0 Å². The first-order valence-electron chi connectivity index (χ1n) is 23.0. The van der Waals surface area contributed by atoms with Gasteiger partial charge in [0.2, 0.25) is 0 Å². The van der Waals surface area contributed by atoms with Gasteiger partial charge in [-0.25, -0.2) is 15.0 Å². The maximum absolute atomic E-state index is 5.14. The second-order valence-electron chi connectivity index (χ2n) is 19.1. The van der Waals surface area contributed by atoms with Gasteiger partial charge in [0.15, 0.2) is 17.5 Å². The zero-order valence-corrected chi connectivity index (χ0v) is 35.1. The number of nitrogens with zero attached hydrogens (tertiary/aromatic N) is 3. The van der Waals surface area contributed by atoms with Crippen molar-refractivity contribution in [3.63, 3.8) is 0 Å². The van der Waals surface area contributed by atoms with E-state index in [0.717, 1.165) is 28.5 Å². The Balaban J connectivity index is 0.943. The molecule has 300 valence electrons. The summed E-state index contributed by atoms with van der Waals surface area (Å²) in [5, 5.41) is 2.36. The Morgan fingerprint density at radius 2 is 0.794 bits per heavy atom. The summed E-state index contributed by atoms with van der Waals surface area (Å²) in [6.45, 7) is 0. The molecule has 0 atom stereocenters. The van der Waals surface area contributed by atoms with E-state index in [1.165, 1.54) is 87.4 Å². The summed E-state index contributed by atoms with van der Waals surface area (Å²) >= 11 is 0. The van der Waals surface area contributed by atoms with Crippen molar-refractivity contribution in [1.82, 2.24) is 15.0 Å². The van der Waals surface area contributed by atoms with Gasteiger partial charge in [0.1, 0.15) is 0 Å². The second-order valence-corrected chi connectivity index (χ2v) is 19.1. The molecule has 0 N–H and O–H groups in total. The molecular weight excluding hydrogens is 763 g/mol. The highest BCUT2D eigenvalue weighted by Gasteiger charge is 2.64. The summed E-state index contributed by atoms with van der Waals surface area (Å²) in [5.74, 6) is 5.06. The molecule has 1 aromatic heterocycles. The molecule has 3 heteroatoms. The Kier molecular flexibility index (Phi) is 7.50. The molecule has 0 radical (unpaired) electrons. The Morgan fingerprint density at radius 3 is 1.46 bits per heavy atom. The molecule has 9 aromatic rings. The molecule has 15 rings (SSSR count). The largest absolute Gasteiger partial charge is 0.208 e. The average Bonchev–Trinajstić information content (AvgIpc) is 3.64. The minimum absolute atomic E-state index is 0.00902. The van der Waals surface area contributed by atoms with Crippen molar-refractivity contribution in [2.24, 2.45) is 23.7 Å². The predicted molar refractivity (Wildman–Crippen MR) is 254 cm³/mol. The van der Waals surface area contributed by atoms with E-state index in [2.05, 4.69) is 170 Å². The van der Waals surface area contributed by atoms with E-state index in [1.807, 2.05) is 18.2 Å². The molecule has 4 fully saturated rings. The van der Waals surface area contributed by atoms with Gasteiger partial charge >= 0.3 is 0 Å². The average molecular weight is 808 g/mol. The first-order chi connectivity index (χ1) is 31.2. The fourth-order valence-electron chi connectivity index (χ4n) is 14.0. The molecule has 0 unspecified atom stereocenters. The third kappa shape index (κ3) is 4.94. The van der Waals surface area contributed by atoms with Crippen LogP contribution in [-0.2, 0) is 10.8 Å². The van der Waals surface area contributed by atoms with Gasteiger partial charge in [-0.15, -0.1) is 0 Å². The molecule has 3 nitrogen and oxygen atoms in total. The van der Waals surface area contributed by atoms with Crippen molar-refractivity contribution in [3.05, 3.63) is 221 Å². The zero-order chi connectivity index (χ0) is 41.3. The fourth-order valence-corrected chi connectivity index (χ4v) is 14.0. The van der Waals surface area contributed by atoms with Crippen LogP contribution in [0, 0.1) is 23.7 Å². The Morgan fingerprint density at radius 1 is 0.317 bits per heavy atom. The van der Waals surface area contributed by atoms with Crippen LogP contribution in [0.3, 0.4) is 0 Å². The molecule has 0 saturated heterocycles. The van der Waals surface area contributed by atoms with Gasteiger partial charge in [0, 0.05) is 22.1 Å². The molecule has 4 saturated carbocycles. The van der Waals surface area contributed by atoms with E-state index in [9.17, 15) is 0 Å². The number of benzene rings is 8. The number of hydrogen-bond donors (Lipinski definition) is 0. The Labute approximate surface area is 368 Å². The molecule has 1 heterocycles. The standard InChI is InChI=1S/C60H45N3/c1-2-13-41(14-3-1)56-61-57(63-58(62-56)45-27-24-39-12-4-5-15-43(39)35-45)42-25-22-40(23-26-42)44-28-29-54-55(36-44)59(46-31-37-30-38(33-46)34-47(59)32-37)52-20-10-11-21-53(52)60(54)50-18-8-6-16-48(50)49-17-7-9-19-51(49)60/h1-29,35-38,46-47H,30-34H2. The van der Waals surface area contributed by atoms with E-state index in [0.29, 0.717) is 29.3 Å². The number of fused-ring (bicyclic) bond motifs is 10. The lowest BCUT2D eigenvalue weighted by atomic mass is 9.38. The summed E-state index contributed by atoms with van der Waals surface area (Å²) in [7, 11) is 0. The Hall–Kier alpha value is -6.97. The monoisotopic (exact) mass is 807 g/mol. The minimum Gasteiger partial charge on any atom is -0.208 e. The van der Waals surface area contributed by atoms with Gasteiger partial charge in [-0.1, -0.05) is 176 Å². The molecule has 4 bridgehead atoms. The van der Waals surface area contributed by atoms with E-state index >= 15 is 0 Å². The lowest BCUT2D eigenvalue weighted by Gasteiger charge is -2.65. The maximum Gasteiger partial charge on any atom is 0.164 e. The van der Waals surface area contributed by atoms with Crippen LogP contribution in [0.5, 0.6) is 0 Å². The van der Waals surface area contributed by atoms with Crippen LogP contribution in [0.2, 0.25) is 0 Å². The van der Waals surface area contributed by atoms with E-state index < -0.39 is 0 Å². The SMILES string of the molecule is c1ccc(-c2nc(-c3ccc(-c4ccc5c(c4)C4(c6ccccc6C56c5ccccc5-c5ccccc56)C5CC6CC(C5)CC4C6)cc3)nc(-c3ccc4ccccc4c3)n2)cc1. The normalized spacial score (nSPS) is 22.8. The molecular formula is C60H45N3. The third-order valence-electron chi connectivity index (χ3n) is 16.2. The predicted octanol–water partition coefficient (Wildman–Crippen LogP) is 14.1. The third-order valence-corrected chi connectivity index (χ3v) is 16.2. The summed E-state index contributed by atoms with van der Waals surface area (Å²) in [6, 6.07) is 70.0. The molecule has 2 spiro atoms. The van der Waals surface area contributed by atoms with Crippen molar-refractivity contribution >= 4 is 10.8 Å².